The van der Waals surface area contributed by atoms with Crippen LogP contribution < -0.4 is 14.8 Å². The summed E-state index contributed by atoms with van der Waals surface area (Å²) in [7, 11) is -4.31. The van der Waals surface area contributed by atoms with E-state index in [0.29, 0.717) is 12.8 Å². The highest BCUT2D eigenvalue weighted by Crippen LogP contribution is 2.31. The molecule has 1 aromatic carbocycles. The molecule has 32 heavy (non-hydrogen) atoms. The van der Waals surface area contributed by atoms with Gasteiger partial charge in [0.1, 0.15) is 5.75 Å². The number of carboxylic acids is 1. The molecule has 9 nitrogen and oxygen atoms in total. The Labute approximate surface area is 182 Å². The summed E-state index contributed by atoms with van der Waals surface area (Å²) in [6.45, 7) is 0. The van der Waals surface area contributed by atoms with Gasteiger partial charge in [-0.25, -0.2) is 13.1 Å². The van der Waals surface area contributed by atoms with Crippen LogP contribution in [0.1, 0.15) is 44.9 Å². The molecule has 13 heteroatoms. The van der Waals surface area contributed by atoms with Crippen molar-refractivity contribution < 1.29 is 45.8 Å². The summed E-state index contributed by atoms with van der Waals surface area (Å²) in [5, 5.41) is 10.6. The van der Waals surface area contributed by atoms with E-state index < -0.39 is 63.7 Å². The second-order valence-electron chi connectivity index (χ2n) is 7.36. The maximum absolute atomic E-state index is 12.8. The lowest BCUT2D eigenvalue weighted by atomic mass is 9.96. The van der Waals surface area contributed by atoms with Crippen molar-refractivity contribution in [2.24, 2.45) is 5.92 Å². The highest BCUT2D eigenvalue weighted by Gasteiger charge is 2.33. The van der Waals surface area contributed by atoms with Crippen LogP contribution in [0.2, 0.25) is 0 Å². The van der Waals surface area contributed by atoms with Crippen molar-refractivity contribution in [2.45, 2.75) is 62.2 Å². The monoisotopic (exact) mass is 480 g/mol. The fraction of sp³-hybridized carbons (Fsp3) is 0.526. The van der Waals surface area contributed by atoms with Gasteiger partial charge in [0.05, 0.1) is 11.3 Å². The molecule has 1 saturated carbocycles. The van der Waals surface area contributed by atoms with E-state index in [-0.39, 0.29) is 12.3 Å². The molecule has 0 aromatic heterocycles. The average molecular weight is 480 g/mol. The number of rotatable bonds is 10. The van der Waals surface area contributed by atoms with Crippen LogP contribution in [-0.2, 0) is 24.4 Å². The van der Waals surface area contributed by atoms with Gasteiger partial charge in [-0.3, -0.25) is 19.7 Å². The van der Waals surface area contributed by atoms with E-state index in [1.807, 2.05) is 5.32 Å². The summed E-state index contributed by atoms with van der Waals surface area (Å²) in [6.07, 6.45) is -3.36. The van der Waals surface area contributed by atoms with E-state index >= 15 is 0 Å². The van der Waals surface area contributed by atoms with Gasteiger partial charge < -0.3 is 9.84 Å². The topological polar surface area (TPSA) is 139 Å². The largest absolute Gasteiger partial charge is 0.573 e. The van der Waals surface area contributed by atoms with Crippen LogP contribution in [0.4, 0.5) is 13.2 Å². The fourth-order valence-corrected chi connectivity index (χ4v) is 4.80. The van der Waals surface area contributed by atoms with Gasteiger partial charge >= 0.3 is 12.3 Å². The third kappa shape index (κ3) is 8.46. The summed E-state index contributed by atoms with van der Waals surface area (Å²) in [5.74, 6) is -3.71. The summed E-state index contributed by atoms with van der Waals surface area (Å²) >= 11 is 0. The van der Waals surface area contributed by atoms with Gasteiger partial charge in [0, 0.05) is 24.9 Å². The number of alkyl halides is 3. The molecule has 1 aliphatic carbocycles. The Morgan fingerprint density at radius 1 is 1.12 bits per heavy atom. The lowest BCUT2D eigenvalue weighted by molar-refractivity contribution is -0.274. The number of amides is 2. The number of carbonyl (C=O) groups excluding carboxylic acids is 2. The Kier molecular flexibility index (Phi) is 8.61. The zero-order valence-corrected chi connectivity index (χ0v) is 17.7. The van der Waals surface area contributed by atoms with Crippen molar-refractivity contribution >= 4 is 27.8 Å². The predicted octanol–water partition coefficient (Wildman–Crippen LogP) is 2.32. The first-order valence-electron chi connectivity index (χ1n) is 9.78. The molecule has 0 saturated heterocycles. The highest BCUT2D eigenvalue weighted by molar-refractivity contribution is 7.89. The van der Waals surface area contributed by atoms with Gasteiger partial charge in [0.25, 0.3) is 0 Å². The lowest BCUT2D eigenvalue weighted by Gasteiger charge is -2.24. The van der Waals surface area contributed by atoms with E-state index in [1.54, 1.807) is 0 Å². The Balaban J connectivity index is 2.12. The molecule has 1 fully saturated rings. The molecule has 2 amide bonds. The summed E-state index contributed by atoms with van der Waals surface area (Å²) in [4.78, 5) is 34.0. The number of halogens is 3. The van der Waals surface area contributed by atoms with Gasteiger partial charge in [-0.1, -0.05) is 18.9 Å². The van der Waals surface area contributed by atoms with Crippen molar-refractivity contribution in [3.8, 4) is 5.75 Å². The van der Waals surface area contributed by atoms with Crippen LogP contribution >= 0.6 is 0 Å². The van der Waals surface area contributed by atoms with E-state index in [2.05, 4.69) is 9.46 Å². The number of carboxylic acid groups (broad SMARTS) is 1. The number of hydrogen-bond acceptors (Lipinski definition) is 6. The van der Waals surface area contributed by atoms with Crippen LogP contribution in [0, 0.1) is 5.92 Å². The summed E-state index contributed by atoms with van der Waals surface area (Å²) in [6, 6.07) is 2.96. The first kappa shape index (κ1) is 25.6. The van der Waals surface area contributed by atoms with E-state index in [0.717, 1.165) is 37.1 Å². The smallest absolute Gasteiger partial charge is 0.481 e. The van der Waals surface area contributed by atoms with Crippen LogP contribution in [0.15, 0.2) is 29.2 Å². The Hall–Kier alpha value is -2.67. The van der Waals surface area contributed by atoms with Crippen molar-refractivity contribution in [3.63, 3.8) is 0 Å². The van der Waals surface area contributed by atoms with Gasteiger partial charge in [0.15, 0.2) is 0 Å². The molecule has 1 aromatic rings. The molecule has 1 unspecified atom stereocenters. The second-order valence-corrected chi connectivity index (χ2v) is 9.08. The number of ether oxygens (including phenoxy) is 1. The number of carbonyl (C=O) groups is 3. The number of hydrogen-bond donors (Lipinski definition) is 3. The normalized spacial score (nSPS) is 15.8. The molecule has 178 valence electrons. The number of sulfonamides is 1. The standard InChI is InChI=1S/C19H23F3N2O7S/c20-19(21,22)31-13-6-3-7-14(10-13)32(29,30)24-15(12-4-1-2-5-12)11-17(26)23-16(25)8-9-18(27)28/h3,6-7,10,12,15,24H,1-2,4-5,8-9,11H2,(H,27,28)(H,23,25,26). The molecule has 0 bridgehead atoms. The molecule has 0 radical (unpaired) electrons. The minimum Gasteiger partial charge on any atom is -0.481 e. The minimum absolute atomic E-state index is 0.209. The van der Waals surface area contributed by atoms with Crippen LogP contribution in [-0.4, -0.2) is 43.7 Å². The summed E-state index contributed by atoms with van der Waals surface area (Å²) < 4.78 is 69.0. The number of aliphatic carboxylic acids is 1. The third-order valence-electron chi connectivity index (χ3n) is 4.87. The molecule has 2 rings (SSSR count). The molecular formula is C19H23F3N2O7S. The van der Waals surface area contributed by atoms with Crippen molar-refractivity contribution in [1.29, 1.82) is 0 Å². The Morgan fingerprint density at radius 3 is 2.38 bits per heavy atom. The molecule has 1 atom stereocenters. The molecule has 3 N–H and O–H groups in total. The van der Waals surface area contributed by atoms with Crippen molar-refractivity contribution in [2.75, 3.05) is 0 Å². The van der Waals surface area contributed by atoms with Gasteiger partial charge in [0.2, 0.25) is 21.8 Å². The number of imide groups is 1. The zero-order chi connectivity index (χ0) is 23.9. The van der Waals surface area contributed by atoms with Crippen LogP contribution in [0.3, 0.4) is 0 Å². The molecule has 0 heterocycles. The third-order valence-corrected chi connectivity index (χ3v) is 6.36. The zero-order valence-electron chi connectivity index (χ0n) is 16.9. The van der Waals surface area contributed by atoms with Crippen LogP contribution in [0.25, 0.3) is 0 Å². The lowest BCUT2D eigenvalue weighted by Crippen LogP contribution is -2.44. The van der Waals surface area contributed by atoms with E-state index in [9.17, 15) is 36.0 Å². The van der Waals surface area contributed by atoms with Gasteiger partial charge in [-0.2, -0.15) is 0 Å². The quantitative estimate of drug-likeness (QED) is 0.467. The van der Waals surface area contributed by atoms with Gasteiger partial charge in [-0.15, -0.1) is 13.2 Å². The maximum Gasteiger partial charge on any atom is 0.573 e. The van der Waals surface area contributed by atoms with E-state index in [4.69, 9.17) is 5.11 Å². The molecular weight excluding hydrogens is 457 g/mol. The summed E-state index contributed by atoms with van der Waals surface area (Å²) in [5.41, 5.74) is 0. The molecule has 1 aliphatic rings. The van der Waals surface area contributed by atoms with Gasteiger partial charge in [-0.05, 0) is 30.9 Å². The first-order chi connectivity index (χ1) is 14.9. The number of nitrogens with one attached hydrogen (secondary N) is 2. The minimum atomic E-state index is -4.99. The van der Waals surface area contributed by atoms with Crippen LogP contribution in [0.5, 0.6) is 5.75 Å². The predicted molar refractivity (Wildman–Crippen MR) is 104 cm³/mol. The second kappa shape index (κ2) is 10.8. The highest BCUT2D eigenvalue weighted by atomic mass is 32.2. The van der Waals surface area contributed by atoms with E-state index in [1.165, 1.54) is 0 Å². The molecule has 0 aliphatic heterocycles. The molecule has 0 spiro atoms. The first-order valence-corrected chi connectivity index (χ1v) is 11.3. The SMILES string of the molecule is O=C(O)CCC(=O)NC(=O)CC(NS(=O)(=O)c1cccc(OC(F)(F)F)c1)C1CCCC1. The maximum atomic E-state index is 12.8. The average Bonchev–Trinajstić information content (AvgIpc) is 3.19. The Bertz CT molecular complexity index is 944. The fourth-order valence-electron chi connectivity index (χ4n) is 3.46. The Morgan fingerprint density at radius 2 is 1.78 bits per heavy atom. The van der Waals surface area contributed by atoms with Crippen molar-refractivity contribution in [3.05, 3.63) is 24.3 Å². The van der Waals surface area contributed by atoms with Crippen molar-refractivity contribution in [1.82, 2.24) is 10.0 Å². The number of benzene rings is 1.